The quantitative estimate of drug-likeness (QED) is 0.0626. The van der Waals surface area contributed by atoms with Crippen molar-refractivity contribution in [2.24, 2.45) is 0 Å². The number of hydrogen-bond donors (Lipinski definition) is 2. The van der Waals surface area contributed by atoms with E-state index in [4.69, 9.17) is 0 Å². The molecular formula is C29H57N2NaO6S. The molecule has 0 aromatic carbocycles. The van der Waals surface area contributed by atoms with Crippen LogP contribution in [-0.4, -0.2) is 44.0 Å². The van der Waals surface area contributed by atoms with Crippen molar-refractivity contribution in [3.63, 3.8) is 0 Å². The zero-order valence-corrected chi connectivity index (χ0v) is 28.2. The summed E-state index contributed by atoms with van der Waals surface area (Å²) in [5.74, 6) is -0.877. The SMILES string of the molecule is CCCCCCCCCCCCCCCCCC(=O)N[C@@H](COS(=O)(=O)[O-])C(=O)NCCCCCCCC.[Na+]. The minimum Gasteiger partial charge on any atom is -0.726 e. The van der Waals surface area contributed by atoms with Gasteiger partial charge in [0.15, 0.2) is 0 Å². The Morgan fingerprint density at radius 2 is 1.05 bits per heavy atom. The summed E-state index contributed by atoms with van der Waals surface area (Å²) < 4.78 is 36.8. The molecule has 0 aromatic rings. The maximum Gasteiger partial charge on any atom is 1.00 e. The third-order valence-electron chi connectivity index (χ3n) is 6.87. The van der Waals surface area contributed by atoms with Crippen LogP contribution in [0, 0.1) is 0 Å². The fourth-order valence-electron chi connectivity index (χ4n) is 4.50. The van der Waals surface area contributed by atoms with Gasteiger partial charge in [-0.1, -0.05) is 136 Å². The fraction of sp³-hybridized carbons (Fsp3) is 0.931. The van der Waals surface area contributed by atoms with Crippen LogP contribution in [0.15, 0.2) is 0 Å². The van der Waals surface area contributed by atoms with Gasteiger partial charge in [-0.3, -0.25) is 13.8 Å². The largest absolute Gasteiger partial charge is 1.00 e. The van der Waals surface area contributed by atoms with E-state index in [0.717, 1.165) is 44.9 Å². The second kappa shape index (κ2) is 29.3. The smallest absolute Gasteiger partial charge is 0.726 e. The molecule has 2 N–H and O–H groups in total. The minimum absolute atomic E-state index is 0. The molecule has 8 nitrogen and oxygen atoms in total. The van der Waals surface area contributed by atoms with Gasteiger partial charge in [0.1, 0.15) is 6.04 Å². The number of rotatable bonds is 28. The number of unbranched alkanes of at least 4 members (excludes halogenated alkanes) is 19. The number of carbonyl (C=O) groups excluding carboxylic acids is 2. The summed E-state index contributed by atoms with van der Waals surface area (Å²) in [5, 5.41) is 5.24. The molecule has 0 unspecified atom stereocenters. The van der Waals surface area contributed by atoms with Crippen LogP contribution >= 0.6 is 0 Å². The molecule has 2 amide bonds. The average molecular weight is 585 g/mol. The van der Waals surface area contributed by atoms with Gasteiger partial charge in [0.05, 0.1) is 6.61 Å². The average Bonchev–Trinajstić information content (AvgIpc) is 2.87. The van der Waals surface area contributed by atoms with Gasteiger partial charge < -0.3 is 15.2 Å². The molecule has 0 spiro atoms. The van der Waals surface area contributed by atoms with Gasteiger partial charge in [-0.2, -0.15) is 0 Å². The van der Waals surface area contributed by atoms with E-state index in [9.17, 15) is 22.6 Å². The van der Waals surface area contributed by atoms with E-state index >= 15 is 0 Å². The fourth-order valence-corrected chi connectivity index (χ4v) is 4.80. The number of carbonyl (C=O) groups is 2. The molecule has 0 bridgehead atoms. The van der Waals surface area contributed by atoms with Crippen molar-refractivity contribution in [2.45, 2.75) is 161 Å². The molecule has 0 aliphatic heterocycles. The van der Waals surface area contributed by atoms with Crippen molar-refractivity contribution < 1.29 is 56.3 Å². The van der Waals surface area contributed by atoms with Crippen LogP contribution in [0.3, 0.4) is 0 Å². The minimum atomic E-state index is -4.95. The van der Waals surface area contributed by atoms with Gasteiger partial charge in [-0.15, -0.1) is 0 Å². The van der Waals surface area contributed by atoms with E-state index < -0.39 is 29.0 Å². The normalized spacial score (nSPS) is 12.1. The van der Waals surface area contributed by atoms with Crippen LogP contribution in [0.25, 0.3) is 0 Å². The Bertz CT molecular complexity index is 679. The third-order valence-corrected chi connectivity index (χ3v) is 7.29. The van der Waals surface area contributed by atoms with E-state index in [2.05, 4.69) is 28.7 Å². The molecule has 0 saturated carbocycles. The maximum atomic E-state index is 12.4. The van der Waals surface area contributed by atoms with Crippen LogP contribution in [0.2, 0.25) is 0 Å². The molecular weight excluding hydrogens is 527 g/mol. The molecule has 1 atom stereocenters. The summed E-state index contributed by atoms with van der Waals surface area (Å²) in [6.45, 7) is 4.14. The van der Waals surface area contributed by atoms with Crippen molar-refractivity contribution in [3.8, 4) is 0 Å². The Kier molecular flexibility index (Phi) is 30.8. The molecule has 0 aliphatic carbocycles. The molecule has 0 saturated heterocycles. The zero-order valence-electron chi connectivity index (χ0n) is 25.4. The predicted octanol–water partition coefficient (Wildman–Crippen LogP) is 3.69. The first-order chi connectivity index (χ1) is 18.3. The van der Waals surface area contributed by atoms with Gasteiger partial charge in [0.25, 0.3) is 0 Å². The van der Waals surface area contributed by atoms with Crippen molar-refractivity contribution in [3.05, 3.63) is 0 Å². The van der Waals surface area contributed by atoms with Gasteiger partial charge in [-0.25, -0.2) is 8.42 Å². The first-order valence-electron chi connectivity index (χ1n) is 15.5. The summed E-state index contributed by atoms with van der Waals surface area (Å²) in [6.07, 6.45) is 25.2. The van der Waals surface area contributed by atoms with Crippen LogP contribution in [0.4, 0.5) is 0 Å². The van der Waals surface area contributed by atoms with Crippen molar-refractivity contribution in [2.75, 3.05) is 13.2 Å². The van der Waals surface area contributed by atoms with Gasteiger partial charge in [0, 0.05) is 13.0 Å². The molecule has 0 aromatic heterocycles. The number of amides is 2. The van der Waals surface area contributed by atoms with Gasteiger partial charge in [-0.05, 0) is 12.8 Å². The van der Waals surface area contributed by atoms with E-state index in [0.29, 0.717) is 13.0 Å². The van der Waals surface area contributed by atoms with Crippen molar-refractivity contribution in [1.82, 2.24) is 10.6 Å². The molecule has 39 heavy (non-hydrogen) atoms. The van der Waals surface area contributed by atoms with Gasteiger partial charge in [0.2, 0.25) is 22.2 Å². The van der Waals surface area contributed by atoms with Crippen LogP contribution in [0.5, 0.6) is 0 Å². The Hall–Kier alpha value is -0.190. The molecule has 0 aliphatic rings. The number of nitrogens with one attached hydrogen (secondary N) is 2. The Morgan fingerprint density at radius 3 is 1.46 bits per heavy atom. The first kappa shape index (κ1) is 40.9. The standard InChI is InChI=1S/C29H58N2O6S.Na/c1-3-5-7-9-11-12-13-14-15-16-17-18-19-20-22-24-28(32)31-27(26-37-38(34,35)36)29(33)30-25-23-21-10-8-6-4-2;/h27H,3-26H2,1-2H3,(H,30,33)(H,31,32)(H,34,35,36);/q;+1/p-1/t27-;/m0./s1. The predicted molar refractivity (Wildman–Crippen MR) is 154 cm³/mol. The van der Waals surface area contributed by atoms with Crippen molar-refractivity contribution >= 4 is 22.2 Å². The first-order valence-corrected chi connectivity index (χ1v) is 16.8. The second-order valence-corrected chi connectivity index (χ2v) is 11.6. The summed E-state index contributed by atoms with van der Waals surface area (Å²) >= 11 is 0. The molecule has 10 heteroatoms. The maximum absolute atomic E-state index is 12.4. The Labute approximate surface area is 262 Å². The summed E-state index contributed by atoms with van der Waals surface area (Å²) in [7, 11) is -4.95. The summed E-state index contributed by atoms with van der Waals surface area (Å²) in [5.41, 5.74) is 0. The molecule has 0 radical (unpaired) electrons. The van der Waals surface area contributed by atoms with E-state index in [1.807, 2.05) is 0 Å². The van der Waals surface area contributed by atoms with Crippen LogP contribution in [-0.2, 0) is 24.2 Å². The molecule has 226 valence electrons. The monoisotopic (exact) mass is 584 g/mol. The molecule has 0 fully saturated rings. The zero-order chi connectivity index (χ0) is 28.3. The molecule has 0 rings (SSSR count). The summed E-state index contributed by atoms with van der Waals surface area (Å²) in [4.78, 5) is 24.8. The Morgan fingerprint density at radius 1 is 0.667 bits per heavy atom. The van der Waals surface area contributed by atoms with E-state index in [1.54, 1.807) is 0 Å². The topological polar surface area (TPSA) is 125 Å². The van der Waals surface area contributed by atoms with Gasteiger partial charge >= 0.3 is 29.6 Å². The second-order valence-electron chi connectivity index (χ2n) is 10.6. The third kappa shape index (κ3) is 30.6. The summed E-state index contributed by atoms with van der Waals surface area (Å²) in [6, 6.07) is -1.21. The van der Waals surface area contributed by atoms with Crippen LogP contribution < -0.4 is 40.2 Å². The van der Waals surface area contributed by atoms with Crippen LogP contribution in [0.1, 0.15) is 155 Å². The molecule has 0 heterocycles. The van der Waals surface area contributed by atoms with E-state index in [1.165, 1.54) is 83.5 Å². The Balaban J connectivity index is 0. The van der Waals surface area contributed by atoms with Crippen molar-refractivity contribution in [1.29, 1.82) is 0 Å². The van der Waals surface area contributed by atoms with E-state index in [-0.39, 0.29) is 41.9 Å². The number of hydrogen-bond acceptors (Lipinski definition) is 6.